The third kappa shape index (κ3) is 5.05. The molecular formula is C21H29NO2. The topological polar surface area (TPSA) is 46.2 Å². The van der Waals surface area contributed by atoms with Crippen molar-refractivity contribution >= 4 is 17.3 Å². The third-order valence-electron chi connectivity index (χ3n) is 4.35. The molecule has 1 aromatic carbocycles. The summed E-state index contributed by atoms with van der Waals surface area (Å²) in [5.41, 5.74) is 2.94. The van der Waals surface area contributed by atoms with Crippen LogP contribution in [0, 0.1) is 24.2 Å². The Hall–Kier alpha value is -1.90. The van der Waals surface area contributed by atoms with Crippen molar-refractivity contribution in [3.63, 3.8) is 0 Å². The quantitative estimate of drug-likeness (QED) is 0.781. The van der Waals surface area contributed by atoms with Crippen LogP contribution in [0.1, 0.15) is 52.5 Å². The first kappa shape index (κ1) is 18.4. The summed E-state index contributed by atoms with van der Waals surface area (Å²) in [4.78, 5) is 24.9. The normalized spacial score (nSPS) is 19.0. The van der Waals surface area contributed by atoms with Gasteiger partial charge in [-0.2, -0.15) is 0 Å². The Morgan fingerprint density at radius 3 is 2.21 bits per heavy atom. The lowest BCUT2D eigenvalue weighted by atomic mass is 9.71. The smallest absolute Gasteiger partial charge is 0.147 e. The monoisotopic (exact) mass is 327 g/mol. The number of aryl methyl sites for hydroxylation is 1. The minimum absolute atomic E-state index is 0.0446. The van der Waals surface area contributed by atoms with Crippen molar-refractivity contribution in [1.29, 1.82) is 0 Å². The second-order valence-corrected chi connectivity index (χ2v) is 8.21. The Kier molecular flexibility index (Phi) is 5.63. The third-order valence-corrected chi connectivity index (χ3v) is 4.35. The molecule has 0 unspecified atom stereocenters. The number of carbonyl (C=O) groups is 2. The first-order chi connectivity index (χ1) is 11.2. The predicted octanol–water partition coefficient (Wildman–Crippen LogP) is 4.91. The van der Waals surface area contributed by atoms with E-state index in [1.54, 1.807) is 0 Å². The van der Waals surface area contributed by atoms with Gasteiger partial charge in [-0.15, -0.1) is 0 Å². The number of hydrogen-bond donors (Lipinski definition) is 1. The van der Waals surface area contributed by atoms with E-state index in [1.807, 2.05) is 32.1 Å². The molecular weight excluding hydrogens is 298 g/mol. The molecule has 130 valence electrons. The van der Waals surface area contributed by atoms with Crippen molar-refractivity contribution < 1.29 is 9.59 Å². The van der Waals surface area contributed by atoms with E-state index in [0.717, 1.165) is 17.8 Å². The van der Waals surface area contributed by atoms with E-state index in [0.29, 0.717) is 18.8 Å². The van der Waals surface area contributed by atoms with Crippen LogP contribution in [0.15, 0.2) is 36.0 Å². The predicted molar refractivity (Wildman–Crippen MR) is 98.9 cm³/mol. The molecule has 1 aliphatic carbocycles. The maximum atomic E-state index is 12.4. The maximum absolute atomic E-state index is 12.4. The van der Waals surface area contributed by atoms with Crippen molar-refractivity contribution in [2.75, 3.05) is 5.32 Å². The molecule has 0 radical (unpaired) electrons. The summed E-state index contributed by atoms with van der Waals surface area (Å²) in [6, 6.07) is 8.15. The average Bonchev–Trinajstić information content (AvgIpc) is 2.43. The van der Waals surface area contributed by atoms with E-state index >= 15 is 0 Å². The highest BCUT2D eigenvalue weighted by Gasteiger charge is 2.38. The molecule has 3 nitrogen and oxygen atoms in total. The highest BCUT2D eigenvalue weighted by molar-refractivity contribution is 6.07. The Morgan fingerprint density at radius 1 is 1.17 bits per heavy atom. The number of Topliss-reactive ketones (excluding diaryl/α,β-unsaturated/α-hetero) is 2. The molecule has 1 N–H and O–H groups in total. The number of benzene rings is 1. The number of hydrogen-bond acceptors (Lipinski definition) is 3. The number of nitrogens with one attached hydrogen (secondary N) is 1. The summed E-state index contributed by atoms with van der Waals surface area (Å²) in [6.45, 7) is 10.3. The number of allylic oxidation sites excluding steroid dienone is 2. The zero-order valence-corrected chi connectivity index (χ0v) is 15.5. The first-order valence-corrected chi connectivity index (χ1v) is 8.76. The number of ketones is 2. The van der Waals surface area contributed by atoms with Crippen LogP contribution in [-0.2, 0) is 9.59 Å². The molecule has 0 amide bonds. The molecule has 0 saturated heterocycles. The fourth-order valence-corrected chi connectivity index (χ4v) is 3.22. The fourth-order valence-electron chi connectivity index (χ4n) is 3.22. The van der Waals surface area contributed by atoms with Crippen LogP contribution in [0.4, 0.5) is 5.69 Å². The van der Waals surface area contributed by atoms with Crippen molar-refractivity contribution in [2.45, 2.75) is 53.9 Å². The lowest BCUT2D eigenvalue weighted by Crippen LogP contribution is -2.37. The first-order valence-electron chi connectivity index (χ1n) is 8.76. The van der Waals surface area contributed by atoms with E-state index in [2.05, 4.69) is 38.2 Å². The molecule has 0 heterocycles. The molecule has 1 aromatic rings. The Bertz CT molecular complexity index is 618. The summed E-state index contributed by atoms with van der Waals surface area (Å²) in [5, 5.41) is 3.40. The minimum atomic E-state index is -0.593. The van der Waals surface area contributed by atoms with Crippen LogP contribution >= 0.6 is 0 Å². The molecule has 3 heteroatoms. The SMILES string of the molecule is Cc1ccc(NC(=CC2C(=O)CC(C)(C)CC2=O)CC(C)C)cc1. The van der Waals surface area contributed by atoms with Gasteiger partial charge < -0.3 is 5.32 Å². The van der Waals surface area contributed by atoms with Gasteiger partial charge in [0, 0.05) is 24.2 Å². The van der Waals surface area contributed by atoms with Crippen LogP contribution in [-0.4, -0.2) is 11.6 Å². The Labute approximate surface area is 145 Å². The Balaban J connectivity index is 2.23. The van der Waals surface area contributed by atoms with Crippen LogP contribution < -0.4 is 5.32 Å². The Morgan fingerprint density at radius 2 is 1.71 bits per heavy atom. The average molecular weight is 327 g/mol. The molecule has 2 rings (SSSR count). The summed E-state index contributed by atoms with van der Waals surface area (Å²) in [6.07, 6.45) is 3.62. The van der Waals surface area contributed by atoms with E-state index in [4.69, 9.17) is 0 Å². The van der Waals surface area contributed by atoms with Crippen molar-refractivity contribution in [2.24, 2.45) is 17.3 Å². The summed E-state index contributed by atoms with van der Waals surface area (Å²) in [7, 11) is 0. The van der Waals surface area contributed by atoms with Gasteiger partial charge >= 0.3 is 0 Å². The highest BCUT2D eigenvalue weighted by Crippen LogP contribution is 2.35. The van der Waals surface area contributed by atoms with Crippen LogP contribution in [0.2, 0.25) is 0 Å². The summed E-state index contributed by atoms with van der Waals surface area (Å²) < 4.78 is 0. The number of anilines is 1. The molecule has 24 heavy (non-hydrogen) atoms. The van der Waals surface area contributed by atoms with Gasteiger partial charge in [-0.1, -0.05) is 45.4 Å². The molecule has 1 fully saturated rings. The molecule has 1 aliphatic rings. The largest absolute Gasteiger partial charge is 0.359 e. The summed E-state index contributed by atoms with van der Waals surface area (Å²) >= 11 is 0. The van der Waals surface area contributed by atoms with Gasteiger partial charge in [-0.3, -0.25) is 9.59 Å². The van der Waals surface area contributed by atoms with E-state index < -0.39 is 5.92 Å². The van der Waals surface area contributed by atoms with Gasteiger partial charge in [0.05, 0.1) is 5.92 Å². The molecule has 0 bridgehead atoms. The number of rotatable bonds is 5. The molecule has 0 aromatic heterocycles. The van der Waals surface area contributed by atoms with Gasteiger partial charge in [-0.25, -0.2) is 0 Å². The minimum Gasteiger partial charge on any atom is -0.359 e. The zero-order valence-electron chi connectivity index (χ0n) is 15.5. The number of carbonyl (C=O) groups excluding carboxylic acids is 2. The molecule has 1 saturated carbocycles. The summed E-state index contributed by atoms with van der Waals surface area (Å²) in [5.74, 6) is -0.0596. The van der Waals surface area contributed by atoms with Crippen LogP contribution in [0.25, 0.3) is 0 Å². The fraction of sp³-hybridized carbons (Fsp3) is 0.524. The zero-order chi connectivity index (χ0) is 17.9. The molecule has 0 spiro atoms. The highest BCUT2D eigenvalue weighted by atomic mass is 16.2. The molecule has 0 atom stereocenters. The van der Waals surface area contributed by atoms with Gasteiger partial charge in [-0.05, 0) is 42.9 Å². The van der Waals surface area contributed by atoms with Crippen LogP contribution in [0.3, 0.4) is 0 Å². The van der Waals surface area contributed by atoms with Gasteiger partial charge in [0.2, 0.25) is 0 Å². The van der Waals surface area contributed by atoms with Crippen molar-refractivity contribution in [3.8, 4) is 0 Å². The van der Waals surface area contributed by atoms with E-state index in [1.165, 1.54) is 5.56 Å². The van der Waals surface area contributed by atoms with E-state index in [-0.39, 0.29) is 17.0 Å². The standard InChI is InChI=1S/C21H29NO2/c1-14(2)10-17(22-16-8-6-15(3)7-9-16)11-18-19(23)12-21(4,5)13-20(18)24/h6-9,11,14,18,22H,10,12-13H2,1-5H3. The maximum Gasteiger partial charge on any atom is 0.147 e. The lowest BCUT2D eigenvalue weighted by molar-refractivity contribution is -0.137. The van der Waals surface area contributed by atoms with E-state index in [9.17, 15) is 9.59 Å². The second kappa shape index (κ2) is 7.33. The lowest BCUT2D eigenvalue weighted by Gasteiger charge is -2.31. The van der Waals surface area contributed by atoms with Gasteiger partial charge in [0.25, 0.3) is 0 Å². The van der Waals surface area contributed by atoms with Crippen LogP contribution in [0.5, 0.6) is 0 Å². The van der Waals surface area contributed by atoms with Crippen molar-refractivity contribution in [1.82, 2.24) is 0 Å². The second-order valence-electron chi connectivity index (χ2n) is 8.21. The van der Waals surface area contributed by atoms with Gasteiger partial charge in [0.1, 0.15) is 11.6 Å². The van der Waals surface area contributed by atoms with Gasteiger partial charge in [0.15, 0.2) is 0 Å². The van der Waals surface area contributed by atoms with Crippen molar-refractivity contribution in [3.05, 3.63) is 41.6 Å². The molecule has 0 aliphatic heterocycles.